The summed E-state index contributed by atoms with van der Waals surface area (Å²) in [5, 5.41) is -0.309. The van der Waals surface area contributed by atoms with E-state index < -0.39 is 12.0 Å². The molecule has 1 aromatic heterocycles. The van der Waals surface area contributed by atoms with E-state index in [1.165, 1.54) is 23.6 Å². The molecule has 0 aliphatic carbocycles. The summed E-state index contributed by atoms with van der Waals surface area (Å²) in [6.45, 7) is 1.55. The minimum Gasteiger partial charge on any atom is -0.496 e. The van der Waals surface area contributed by atoms with Gasteiger partial charge in [-0.05, 0) is 18.2 Å². The Morgan fingerprint density at radius 3 is 2.76 bits per heavy atom. The minimum absolute atomic E-state index is 0.0984. The van der Waals surface area contributed by atoms with Crippen LogP contribution in [0.3, 0.4) is 0 Å². The first-order chi connectivity index (χ1) is 12.1. The van der Waals surface area contributed by atoms with Crippen LogP contribution in [0.2, 0.25) is 0 Å². The largest absolute Gasteiger partial charge is 0.496 e. The van der Waals surface area contributed by atoms with E-state index in [-0.39, 0.29) is 17.9 Å². The molecule has 1 amide bonds. The predicted molar refractivity (Wildman–Crippen MR) is 93.0 cm³/mol. The molecular weight excluding hydrogens is 342 g/mol. The molecular formula is C18H19NO5S. The quantitative estimate of drug-likeness (QED) is 0.763. The zero-order valence-electron chi connectivity index (χ0n) is 14.0. The molecule has 132 valence electrons. The van der Waals surface area contributed by atoms with Crippen molar-refractivity contribution in [2.24, 2.45) is 0 Å². The number of methoxy groups -OCH3 is 1. The van der Waals surface area contributed by atoms with Crippen molar-refractivity contribution in [3.8, 4) is 5.75 Å². The molecule has 2 heterocycles. The van der Waals surface area contributed by atoms with Crippen LogP contribution >= 0.6 is 11.8 Å². The smallest absolute Gasteiger partial charge is 0.330 e. The van der Waals surface area contributed by atoms with Gasteiger partial charge in [0.25, 0.3) is 0 Å². The number of esters is 1. The maximum Gasteiger partial charge on any atom is 0.330 e. The zero-order valence-corrected chi connectivity index (χ0v) is 14.8. The van der Waals surface area contributed by atoms with Crippen LogP contribution < -0.4 is 4.74 Å². The fourth-order valence-corrected chi connectivity index (χ4v) is 4.21. The summed E-state index contributed by atoms with van der Waals surface area (Å²) < 4.78 is 16.1. The van der Waals surface area contributed by atoms with E-state index >= 15 is 0 Å². The summed E-state index contributed by atoms with van der Waals surface area (Å²) in [6.07, 6.45) is 1.56. The third-order valence-corrected chi connectivity index (χ3v) is 5.27. The Bertz CT molecular complexity index is 746. The molecule has 0 radical (unpaired) electrons. The number of thioether (sulfide) groups is 1. The van der Waals surface area contributed by atoms with Gasteiger partial charge in [-0.25, -0.2) is 4.79 Å². The van der Waals surface area contributed by atoms with Crippen molar-refractivity contribution in [1.82, 2.24) is 4.90 Å². The standard InChI is InChI=1S/C18H19NO5S/c1-12(20)19-14(11-25-17(19)16-8-5-9-23-16)18(21)24-10-13-6-3-4-7-15(13)22-2/h3-9,14,17H,10-11H2,1-2H3/t14-,17-/m0/s1. The van der Waals surface area contributed by atoms with Gasteiger partial charge in [0.2, 0.25) is 5.91 Å². The molecule has 1 aromatic carbocycles. The Labute approximate surface area is 150 Å². The van der Waals surface area contributed by atoms with E-state index in [1.54, 1.807) is 25.5 Å². The van der Waals surface area contributed by atoms with Crippen LogP contribution in [0.4, 0.5) is 0 Å². The Morgan fingerprint density at radius 2 is 2.08 bits per heavy atom. The van der Waals surface area contributed by atoms with E-state index in [0.29, 0.717) is 17.3 Å². The van der Waals surface area contributed by atoms with Gasteiger partial charge < -0.3 is 18.8 Å². The molecule has 1 aliphatic heterocycles. The summed E-state index contributed by atoms with van der Waals surface area (Å²) in [6, 6.07) is 10.3. The van der Waals surface area contributed by atoms with Gasteiger partial charge >= 0.3 is 5.97 Å². The normalized spacial score (nSPS) is 19.7. The van der Waals surface area contributed by atoms with E-state index in [1.807, 2.05) is 24.3 Å². The van der Waals surface area contributed by atoms with Crippen molar-refractivity contribution >= 4 is 23.6 Å². The first kappa shape index (κ1) is 17.4. The lowest BCUT2D eigenvalue weighted by Gasteiger charge is -2.25. The molecule has 0 saturated carbocycles. The number of nitrogens with zero attached hydrogens (tertiary/aromatic N) is 1. The fraction of sp³-hybridized carbons (Fsp3) is 0.333. The van der Waals surface area contributed by atoms with Gasteiger partial charge in [0.15, 0.2) is 0 Å². The van der Waals surface area contributed by atoms with Crippen molar-refractivity contribution in [2.75, 3.05) is 12.9 Å². The van der Waals surface area contributed by atoms with Crippen LogP contribution in [0.5, 0.6) is 5.75 Å². The molecule has 3 rings (SSSR count). The first-order valence-electron chi connectivity index (χ1n) is 7.84. The second kappa shape index (κ2) is 7.65. The van der Waals surface area contributed by atoms with Gasteiger partial charge in [0, 0.05) is 18.2 Å². The first-order valence-corrected chi connectivity index (χ1v) is 8.89. The molecule has 1 fully saturated rings. The number of amides is 1. The highest BCUT2D eigenvalue weighted by molar-refractivity contribution is 7.99. The lowest BCUT2D eigenvalue weighted by atomic mass is 10.2. The SMILES string of the molecule is COc1ccccc1COC(=O)[C@@H]1CS[C@@H](c2ccco2)N1C(C)=O. The van der Waals surface area contributed by atoms with Crippen LogP contribution in [-0.2, 0) is 20.9 Å². The fourth-order valence-electron chi connectivity index (χ4n) is 2.79. The Morgan fingerprint density at radius 1 is 1.28 bits per heavy atom. The van der Waals surface area contributed by atoms with Gasteiger partial charge in [-0.15, -0.1) is 11.8 Å². The van der Waals surface area contributed by atoms with Crippen LogP contribution in [0, 0.1) is 0 Å². The summed E-state index contributed by atoms with van der Waals surface area (Å²) in [5.41, 5.74) is 0.779. The van der Waals surface area contributed by atoms with Crippen molar-refractivity contribution < 1.29 is 23.5 Å². The highest BCUT2D eigenvalue weighted by Crippen LogP contribution is 2.41. The molecule has 7 heteroatoms. The molecule has 6 nitrogen and oxygen atoms in total. The zero-order chi connectivity index (χ0) is 17.8. The van der Waals surface area contributed by atoms with Gasteiger partial charge in [-0.3, -0.25) is 4.79 Å². The van der Waals surface area contributed by atoms with E-state index in [4.69, 9.17) is 13.9 Å². The molecule has 2 aromatic rings. The number of para-hydroxylation sites is 1. The molecule has 0 bridgehead atoms. The van der Waals surface area contributed by atoms with Gasteiger partial charge in [0.1, 0.15) is 29.5 Å². The summed E-state index contributed by atoms with van der Waals surface area (Å²) in [4.78, 5) is 26.2. The van der Waals surface area contributed by atoms with Crippen LogP contribution in [0.25, 0.3) is 0 Å². The number of hydrogen-bond donors (Lipinski definition) is 0. The predicted octanol–water partition coefficient (Wildman–Crippen LogP) is 2.99. The molecule has 0 N–H and O–H groups in total. The average Bonchev–Trinajstić information content (AvgIpc) is 3.28. The van der Waals surface area contributed by atoms with Crippen molar-refractivity contribution in [2.45, 2.75) is 24.9 Å². The number of rotatable bonds is 5. The third-order valence-electron chi connectivity index (χ3n) is 3.99. The molecule has 0 unspecified atom stereocenters. The van der Waals surface area contributed by atoms with Crippen LogP contribution in [-0.4, -0.2) is 35.7 Å². The van der Waals surface area contributed by atoms with Crippen LogP contribution in [0.1, 0.15) is 23.6 Å². The highest BCUT2D eigenvalue weighted by Gasteiger charge is 2.43. The van der Waals surface area contributed by atoms with Gasteiger partial charge in [-0.1, -0.05) is 18.2 Å². The van der Waals surface area contributed by atoms with E-state index in [9.17, 15) is 9.59 Å². The number of carbonyl (C=O) groups excluding carboxylic acids is 2. The summed E-state index contributed by atoms with van der Waals surface area (Å²) in [5.74, 6) is 1.16. The average molecular weight is 361 g/mol. The Hall–Kier alpha value is -2.41. The molecule has 1 aliphatic rings. The van der Waals surface area contributed by atoms with Crippen molar-refractivity contribution in [3.05, 3.63) is 54.0 Å². The topological polar surface area (TPSA) is 69.0 Å². The molecule has 2 atom stereocenters. The maximum atomic E-state index is 12.5. The number of ether oxygens (including phenoxy) is 2. The molecule has 25 heavy (non-hydrogen) atoms. The number of hydrogen-bond acceptors (Lipinski definition) is 6. The summed E-state index contributed by atoms with van der Waals surface area (Å²) >= 11 is 1.49. The van der Waals surface area contributed by atoms with Gasteiger partial charge in [0.05, 0.1) is 13.4 Å². The monoisotopic (exact) mass is 361 g/mol. The minimum atomic E-state index is -0.632. The number of carbonyl (C=O) groups is 2. The summed E-state index contributed by atoms with van der Waals surface area (Å²) in [7, 11) is 1.57. The van der Waals surface area contributed by atoms with Crippen molar-refractivity contribution in [1.29, 1.82) is 0 Å². The number of benzene rings is 1. The molecule has 0 spiro atoms. The third kappa shape index (κ3) is 3.66. The Balaban J connectivity index is 1.70. The van der Waals surface area contributed by atoms with Gasteiger partial charge in [-0.2, -0.15) is 0 Å². The second-order valence-electron chi connectivity index (χ2n) is 5.56. The lowest BCUT2D eigenvalue weighted by molar-refractivity contribution is -0.154. The van der Waals surface area contributed by atoms with E-state index in [2.05, 4.69) is 0 Å². The van der Waals surface area contributed by atoms with Crippen LogP contribution in [0.15, 0.2) is 47.1 Å². The molecule has 1 saturated heterocycles. The van der Waals surface area contributed by atoms with Crippen molar-refractivity contribution in [3.63, 3.8) is 0 Å². The van der Waals surface area contributed by atoms with E-state index in [0.717, 1.165) is 5.56 Å². The Kier molecular flexibility index (Phi) is 5.33. The highest BCUT2D eigenvalue weighted by atomic mass is 32.2. The second-order valence-corrected chi connectivity index (χ2v) is 6.68. The lowest BCUT2D eigenvalue weighted by Crippen LogP contribution is -2.42. The number of furan rings is 1. The maximum absolute atomic E-state index is 12.5.